The Morgan fingerprint density at radius 2 is 2.11 bits per heavy atom. The number of hydrogen-bond acceptors (Lipinski definition) is 4. The molecule has 2 rings (SSSR count). The molecule has 154 valence electrons. The van der Waals surface area contributed by atoms with Crippen LogP contribution in [0.15, 0.2) is 4.99 Å². The second kappa shape index (κ2) is 10.7. The Kier molecular flexibility index (Phi) is 8.57. The van der Waals surface area contributed by atoms with Crippen LogP contribution in [0.25, 0.3) is 0 Å². The Hall–Kier alpha value is -1.60. The van der Waals surface area contributed by atoms with Gasteiger partial charge in [0, 0.05) is 45.5 Å². The molecule has 0 spiro atoms. The molecule has 0 amide bonds. The molecule has 2 heterocycles. The number of nitrogens with one attached hydrogen (secondary N) is 2. The number of hydrogen-bond donors (Lipinski definition) is 2. The van der Waals surface area contributed by atoms with Crippen LogP contribution in [0.3, 0.4) is 0 Å². The lowest BCUT2D eigenvalue weighted by molar-refractivity contribution is -0.0261. The summed E-state index contributed by atoms with van der Waals surface area (Å²) in [5.74, 6) is 1.55. The van der Waals surface area contributed by atoms with Gasteiger partial charge in [-0.2, -0.15) is 5.10 Å². The molecule has 1 aliphatic rings. The van der Waals surface area contributed by atoms with Crippen LogP contribution in [0.1, 0.15) is 37.7 Å². The standard InChI is InChI=1S/C20H38N6O/c1-7-21-20(22-9-8-19-16(4)24-25(6)17(19)5)23-12-18-14-26(10-11-27-18)13-15(2)3/h15,18H,7-14H2,1-6H3,(H2,21,22,23). The lowest BCUT2D eigenvalue weighted by atomic mass is 10.1. The minimum absolute atomic E-state index is 0.177. The molecular weight excluding hydrogens is 340 g/mol. The molecule has 0 bridgehead atoms. The van der Waals surface area contributed by atoms with E-state index in [0.29, 0.717) is 12.5 Å². The summed E-state index contributed by atoms with van der Waals surface area (Å²) >= 11 is 0. The van der Waals surface area contributed by atoms with Gasteiger partial charge in [0.25, 0.3) is 0 Å². The average Bonchev–Trinajstić information content (AvgIpc) is 2.85. The van der Waals surface area contributed by atoms with E-state index in [9.17, 15) is 0 Å². The number of guanidine groups is 1. The van der Waals surface area contributed by atoms with Crippen molar-refractivity contribution >= 4 is 5.96 Å². The summed E-state index contributed by atoms with van der Waals surface area (Å²) in [6.07, 6.45) is 1.12. The second-order valence-electron chi connectivity index (χ2n) is 7.82. The number of morpholine rings is 1. The number of rotatable bonds is 8. The first-order valence-corrected chi connectivity index (χ1v) is 10.3. The monoisotopic (exact) mass is 378 g/mol. The summed E-state index contributed by atoms with van der Waals surface area (Å²) in [7, 11) is 2.00. The summed E-state index contributed by atoms with van der Waals surface area (Å²) in [4.78, 5) is 7.24. The Morgan fingerprint density at radius 1 is 1.33 bits per heavy atom. The van der Waals surface area contributed by atoms with Crippen LogP contribution < -0.4 is 10.6 Å². The minimum atomic E-state index is 0.177. The largest absolute Gasteiger partial charge is 0.374 e. The van der Waals surface area contributed by atoms with Crippen LogP contribution in [0.2, 0.25) is 0 Å². The van der Waals surface area contributed by atoms with Crippen molar-refractivity contribution < 1.29 is 4.74 Å². The first-order chi connectivity index (χ1) is 12.9. The highest BCUT2D eigenvalue weighted by Gasteiger charge is 2.20. The van der Waals surface area contributed by atoms with Crippen LogP contribution in [0.4, 0.5) is 0 Å². The van der Waals surface area contributed by atoms with Gasteiger partial charge < -0.3 is 15.4 Å². The van der Waals surface area contributed by atoms with Gasteiger partial charge >= 0.3 is 0 Å². The number of aryl methyl sites for hydroxylation is 2. The quantitative estimate of drug-likeness (QED) is 0.530. The number of nitrogens with zero attached hydrogens (tertiary/aromatic N) is 4. The zero-order valence-corrected chi connectivity index (χ0v) is 18.0. The highest BCUT2D eigenvalue weighted by molar-refractivity contribution is 5.79. The molecule has 1 aromatic heterocycles. The van der Waals surface area contributed by atoms with E-state index in [0.717, 1.165) is 57.4 Å². The Morgan fingerprint density at radius 3 is 2.74 bits per heavy atom. The van der Waals surface area contributed by atoms with Crippen LogP contribution in [0, 0.1) is 19.8 Å². The SMILES string of the molecule is CCNC(=NCC1CN(CC(C)C)CCO1)NCCc1c(C)nn(C)c1C. The smallest absolute Gasteiger partial charge is 0.191 e. The third-order valence-electron chi connectivity index (χ3n) is 4.97. The van der Waals surface area contributed by atoms with Gasteiger partial charge in [0.1, 0.15) is 0 Å². The molecule has 1 fully saturated rings. The normalized spacial score (nSPS) is 18.9. The van der Waals surface area contributed by atoms with E-state index in [2.05, 4.69) is 55.3 Å². The maximum absolute atomic E-state index is 5.91. The zero-order chi connectivity index (χ0) is 19.8. The molecule has 0 saturated carbocycles. The Labute approximate surface area is 164 Å². The zero-order valence-electron chi connectivity index (χ0n) is 18.0. The van der Waals surface area contributed by atoms with Gasteiger partial charge in [-0.3, -0.25) is 14.6 Å². The van der Waals surface area contributed by atoms with Crippen molar-refractivity contribution in [3.05, 3.63) is 17.0 Å². The van der Waals surface area contributed by atoms with Gasteiger partial charge in [-0.15, -0.1) is 0 Å². The van der Waals surface area contributed by atoms with E-state index in [1.54, 1.807) is 0 Å². The summed E-state index contributed by atoms with van der Waals surface area (Å²) in [5.41, 5.74) is 3.66. The topological polar surface area (TPSA) is 66.7 Å². The van der Waals surface area contributed by atoms with Crippen molar-refractivity contribution in [2.45, 2.75) is 47.1 Å². The van der Waals surface area contributed by atoms with Crippen molar-refractivity contribution in [3.63, 3.8) is 0 Å². The summed E-state index contributed by atoms with van der Waals surface area (Å²) in [5, 5.41) is 11.3. The van der Waals surface area contributed by atoms with Crippen molar-refractivity contribution in [3.8, 4) is 0 Å². The number of aliphatic imine (C=N–C) groups is 1. The molecule has 7 heteroatoms. The molecular formula is C20H38N6O. The van der Waals surface area contributed by atoms with E-state index in [4.69, 9.17) is 9.73 Å². The Balaban J connectivity index is 1.84. The lowest BCUT2D eigenvalue weighted by Gasteiger charge is -2.33. The second-order valence-corrected chi connectivity index (χ2v) is 7.82. The van der Waals surface area contributed by atoms with Crippen molar-refractivity contribution in [2.24, 2.45) is 18.0 Å². The minimum Gasteiger partial charge on any atom is -0.374 e. The fraction of sp³-hybridized carbons (Fsp3) is 0.800. The summed E-state index contributed by atoms with van der Waals surface area (Å²) < 4.78 is 7.86. The molecule has 0 aromatic carbocycles. The van der Waals surface area contributed by atoms with Gasteiger partial charge in [0.15, 0.2) is 5.96 Å². The van der Waals surface area contributed by atoms with E-state index in [1.165, 1.54) is 11.3 Å². The summed E-state index contributed by atoms with van der Waals surface area (Å²) in [6, 6.07) is 0. The fourth-order valence-corrected chi connectivity index (χ4v) is 3.59. The first kappa shape index (κ1) is 21.7. The van der Waals surface area contributed by atoms with Gasteiger partial charge in [0.2, 0.25) is 0 Å². The van der Waals surface area contributed by atoms with Crippen molar-refractivity contribution in [1.29, 1.82) is 0 Å². The van der Waals surface area contributed by atoms with Crippen LogP contribution >= 0.6 is 0 Å². The third-order valence-corrected chi connectivity index (χ3v) is 4.97. The van der Waals surface area contributed by atoms with Gasteiger partial charge in [-0.1, -0.05) is 13.8 Å². The molecule has 7 nitrogen and oxygen atoms in total. The molecule has 2 N–H and O–H groups in total. The van der Waals surface area contributed by atoms with Gasteiger partial charge in [0.05, 0.1) is 24.9 Å². The van der Waals surface area contributed by atoms with Crippen LogP contribution in [-0.4, -0.2) is 72.6 Å². The highest BCUT2D eigenvalue weighted by Crippen LogP contribution is 2.12. The molecule has 1 atom stereocenters. The van der Waals surface area contributed by atoms with Gasteiger partial charge in [-0.05, 0) is 38.7 Å². The average molecular weight is 379 g/mol. The molecule has 0 aliphatic carbocycles. The van der Waals surface area contributed by atoms with E-state index in [-0.39, 0.29) is 6.10 Å². The van der Waals surface area contributed by atoms with Crippen LogP contribution in [0.5, 0.6) is 0 Å². The molecule has 1 aromatic rings. The maximum atomic E-state index is 5.91. The predicted octanol–water partition coefficient (Wildman–Crippen LogP) is 1.49. The predicted molar refractivity (Wildman–Crippen MR) is 111 cm³/mol. The fourth-order valence-electron chi connectivity index (χ4n) is 3.59. The number of ether oxygens (including phenoxy) is 1. The van der Waals surface area contributed by atoms with Gasteiger partial charge in [-0.25, -0.2) is 0 Å². The number of aromatic nitrogens is 2. The Bertz CT molecular complexity index is 610. The molecule has 1 aliphatic heterocycles. The molecule has 1 unspecified atom stereocenters. The first-order valence-electron chi connectivity index (χ1n) is 10.3. The third kappa shape index (κ3) is 6.81. The van der Waals surface area contributed by atoms with Crippen molar-refractivity contribution in [2.75, 3.05) is 45.9 Å². The van der Waals surface area contributed by atoms with Crippen LogP contribution in [-0.2, 0) is 18.2 Å². The molecule has 1 saturated heterocycles. The highest BCUT2D eigenvalue weighted by atomic mass is 16.5. The maximum Gasteiger partial charge on any atom is 0.191 e. The van der Waals surface area contributed by atoms with E-state index in [1.807, 2.05) is 11.7 Å². The van der Waals surface area contributed by atoms with Crippen molar-refractivity contribution in [1.82, 2.24) is 25.3 Å². The van der Waals surface area contributed by atoms with E-state index >= 15 is 0 Å². The lowest BCUT2D eigenvalue weighted by Crippen LogP contribution is -2.46. The summed E-state index contributed by atoms with van der Waals surface area (Å²) in [6.45, 7) is 17.1. The van der Waals surface area contributed by atoms with E-state index < -0.39 is 0 Å². The molecule has 0 radical (unpaired) electrons. The molecule has 27 heavy (non-hydrogen) atoms.